The van der Waals surface area contributed by atoms with Crippen LogP contribution < -0.4 is 27.4 Å². The van der Waals surface area contributed by atoms with Crippen molar-refractivity contribution in [3.05, 3.63) is 0 Å². The third-order valence-corrected chi connectivity index (χ3v) is 4.90. The molecule has 4 amide bonds. The van der Waals surface area contributed by atoms with Crippen molar-refractivity contribution in [3.63, 3.8) is 0 Å². The lowest BCUT2D eigenvalue weighted by Crippen LogP contribution is -2.58. The van der Waals surface area contributed by atoms with Gasteiger partial charge in [0.15, 0.2) is 0 Å². The second-order valence-corrected chi connectivity index (χ2v) is 7.56. The van der Waals surface area contributed by atoms with E-state index in [1.54, 1.807) is 13.8 Å². The van der Waals surface area contributed by atoms with E-state index in [1.165, 1.54) is 0 Å². The number of carbonyl (C=O) groups excluding carboxylic acids is 4. The molecule has 0 aliphatic heterocycles. The molecule has 0 saturated heterocycles. The number of amides is 4. The van der Waals surface area contributed by atoms with Crippen LogP contribution in [-0.2, 0) is 28.8 Å². The van der Waals surface area contributed by atoms with Gasteiger partial charge < -0.3 is 42.7 Å². The summed E-state index contributed by atoms with van der Waals surface area (Å²) in [5.41, 5.74) is 10.5. The fourth-order valence-corrected chi connectivity index (χ4v) is 2.66. The number of carboxylic acid groups (broad SMARTS) is 2. The number of aliphatic carboxylic acids is 2. The van der Waals surface area contributed by atoms with E-state index in [0.29, 0.717) is 6.42 Å². The van der Waals surface area contributed by atoms with Gasteiger partial charge in [-0.2, -0.15) is 0 Å². The van der Waals surface area contributed by atoms with Crippen LogP contribution in [0.5, 0.6) is 0 Å². The molecule has 0 aliphatic rings. The van der Waals surface area contributed by atoms with E-state index >= 15 is 0 Å². The lowest BCUT2D eigenvalue weighted by molar-refractivity contribution is -0.144. The van der Waals surface area contributed by atoms with Gasteiger partial charge in [-0.3, -0.25) is 24.0 Å². The molecular weight excluding hydrogens is 442 g/mol. The fraction of sp³-hybridized carbons (Fsp3) is 0.684. The van der Waals surface area contributed by atoms with Crippen LogP contribution in [0.25, 0.3) is 0 Å². The Labute approximate surface area is 190 Å². The van der Waals surface area contributed by atoms with Crippen molar-refractivity contribution in [2.75, 3.05) is 6.61 Å². The first kappa shape index (κ1) is 29.7. The first-order valence-corrected chi connectivity index (χ1v) is 10.3. The minimum absolute atomic E-state index is 0.261. The van der Waals surface area contributed by atoms with Crippen molar-refractivity contribution >= 4 is 35.6 Å². The molecule has 0 spiro atoms. The van der Waals surface area contributed by atoms with E-state index in [9.17, 15) is 33.9 Å². The minimum atomic E-state index is -1.45. The van der Waals surface area contributed by atoms with E-state index < -0.39 is 78.7 Å². The molecule has 0 heterocycles. The van der Waals surface area contributed by atoms with Crippen LogP contribution >= 0.6 is 0 Å². The molecule has 188 valence electrons. The lowest BCUT2D eigenvalue weighted by Gasteiger charge is -2.26. The van der Waals surface area contributed by atoms with Gasteiger partial charge in [0, 0.05) is 12.8 Å². The molecule has 0 aromatic rings. The largest absolute Gasteiger partial charge is 0.481 e. The zero-order valence-corrected chi connectivity index (χ0v) is 18.6. The molecule has 14 nitrogen and oxygen atoms in total. The summed E-state index contributed by atoms with van der Waals surface area (Å²) in [5, 5.41) is 34.1. The normalized spacial score (nSPS) is 15.3. The summed E-state index contributed by atoms with van der Waals surface area (Å²) in [5.74, 6) is -6.57. The van der Waals surface area contributed by atoms with Crippen LogP contribution in [0.4, 0.5) is 0 Å². The number of primary amides is 1. The van der Waals surface area contributed by atoms with Crippen LogP contribution in [0.1, 0.15) is 46.0 Å². The fourth-order valence-electron chi connectivity index (χ4n) is 2.66. The Hall–Kier alpha value is -3.26. The molecular formula is C19H33N5O9. The second kappa shape index (κ2) is 14.7. The average molecular weight is 475 g/mol. The van der Waals surface area contributed by atoms with Crippen LogP contribution in [0, 0.1) is 5.92 Å². The van der Waals surface area contributed by atoms with Gasteiger partial charge in [0.25, 0.3) is 0 Å². The maximum absolute atomic E-state index is 12.7. The highest BCUT2D eigenvalue weighted by Gasteiger charge is 2.32. The quantitative estimate of drug-likeness (QED) is 0.112. The van der Waals surface area contributed by atoms with Gasteiger partial charge in [-0.1, -0.05) is 20.3 Å². The summed E-state index contributed by atoms with van der Waals surface area (Å²) in [6.45, 7) is 2.61. The molecule has 10 N–H and O–H groups in total. The zero-order chi connectivity index (χ0) is 25.7. The van der Waals surface area contributed by atoms with Gasteiger partial charge in [0.05, 0.1) is 6.61 Å². The van der Waals surface area contributed by atoms with Crippen molar-refractivity contribution in [2.45, 2.75) is 70.1 Å². The number of aliphatic hydroxyl groups is 1. The molecule has 0 aliphatic carbocycles. The Morgan fingerprint density at radius 2 is 1.33 bits per heavy atom. The van der Waals surface area contributed by atoms with Crippen molar-refractivity contribution in [2.24, 2.45) is 17.4 Å². The standard InChI is InChI=1S/C19H33N5O9/c1-3-9(2)15(19(32)33)24-18(31)12(5-7-14(27)28)23-17(30)11(4-6-13(21)26)22-16(29)10(20)8-25/h9-12,15,25H,3-8,20H2,1-2H3,(H2,21,26)(H,22,29)(H,23,30)(H,24,31)(H,27,28)(H,32,33). The van der Waals surface area contributed by atoms with Gasteiger partial charge in [-0.05, 0) is 18.8 Å². The third-order valence-electron chi connectivity index (χ3n) is 4.90. The summed E-state index contributed by atoms with van der Waals surface area (Å²) in [6.07, 6.45) is -1.04. The number of hydrogen-bond donors (Lipinski definition) is 8. The summed E-state index contributed by atoms with van der Waals surface area (Å²) in [6, 6.07) is -5.46. The predicted molar refractivity (Wildman–Crippen MR) is 113 cm³/mol. The molecule has 0 aromatic carbocycles. The average Bonchev–Trinajstić information content (AvgIpc) is 2.75. The topological polar surface area (TPSA) is 251 Å². The first-order chi connectivity index (χ1) is 15.3. The Kier molecular flexibility index (Phi) is 13.3. The number of carboxylic acids is 2. The van der Waals surface area contributed by atoms with Crippen LogP contribution in [0.2, 0.25) is 0 Å². The molecule has 0 rings (SSSR count). The smallest absolute Gasteiger partial charge is 0.326 e. The van der Waals surface area contributed by atoms with Crippen molar-refractivity contribution in [1.82, 2.24) is 16.0 Å². The molecule has 0 fully saturated rings. The number of hydrogen-bond acceptors (Lipinski definition) is 8. The Bertz CT molecular complexity index is 730. The highest BCUT2D eigenvalue weighted by molar-refractivity contribution is 5.94. The summed E-state index contributed by atoms with van der Waals surface area (Å²) in [4.78, 5) is 71.0. The van der Waals surface area contributed by atoms with Crippen LogP contribution in [0.3, 0.4) is 0 Å². The van der Waals surface area contributed by atoms with Crippen molar-refractivity contribution < 1.29 is 44.1 Å². The maximum Gasteiger partial charge on any atom is 0.326 e. The maximum atomic E-state index is 12.7. The summed E-state index contributed by atoms with van der Waals surface area (Å²) in [7, 11) is 0. The second-order valence-electron chi connectivity index (χ2n) is 7.56. The number of rotatable bonds is 16. The number of nitrogens with two attached hydrogens (primary N) is 2. The van der Waals surface area contributed by atoms with Crippen LogP contribution in [0.15, 0.2) is 0 Å². The minimum Gasteiger partial charge on any atom is -0.481 e. The Morgan fingerprint density at radius 1 is 0.848 bits per heavy atom. The molecule has 0 radical (unpaired) electrons. The zero-order valence-electron chi connectivity index (χ0n) is 18.6. The molecule has 14 heteroatoms. The summed E-state index contributed by atoms with van der Waals surface area (Å²) >= 11 is 0. The lowest BCUT2D eigenvalue weighted by atomic mass is 9.98. The molecule has 0 saturated carbocycles. The van der Waals surface area contributed by atoms with Gasteiger partial charge in [-0.15, -0.1) is 0 Å². The molecule has 0 aromatic heterocycles. The van der Waals surface area contributed by atoms with E-state index in [2.05, 4.69) is 16.0 Å². The molecule has 33 heavy (non-hydrogen) atoms. The van der Waals surface area contributed by atoms with Gasteiger partial charge in [0.1, 0.15) is 24.2 Å². The SMILES string of the molecule is CCC(C)C(NC(=O)C(CCC(=O)O)NC(=O)C(CCC(N)=O)NC(=O)C(N)CO)C(=O)O. The van der Waals surface area contributed by atoms with Crippen molar-refractivity contribution in [3.8, 4) is 0 Å². The van der Waals surface area contributed by atoms with E-state index in [0.717, 1.165) is 0 Å². The monoisotopic (exact) mass is 475 g/mol. The highest BCUT2D eigenvalue weighted by Crippen LogP contribution is 2.10. The van der Waals surface area contributed by atoms with Gasteiger partial charge in [0.2, 0.25) is 23.6 Å². The third kappa shape index (κ3) is 11.2. The van der Waals surface area contributed by atoms with Gasteiger partial charge >= 0.3 is 11.9 Å². The first-order valence-electron chi connectivity index (χ1n) is 10.3. The Morgan fingerprint density at radius 3 is 1.76 bits per heavy atom. The van der Waals surface area contributed by atoms with E-state index in [4.69, 9.17) is 21.7 Å². The van der Waals surface area contributed by atoms with E-state index in [-0.39, 0.29) is 19.3 Å². The van der Waals surface area contributed by atoms with E-state index in [1.807, 2.05) is 0 Å². The molecule has 5 atom stereocenters. The Balaban J connectivity index is 5.63. The number of carbonyl (C=O) groups is 6. The van der Waals surface area contributed by atoms with Crippen molar-refractivity contribution in [1.29, 1.82) is 0 Å². The molecule has 0 bridgehead atoms. The predicted octanol–water partition coefficient (Wildman–Crippen LogP) is -2.98. The number of nitrogens with one attached hydrogen (secondary N) is 3. The molecule has 5 unspecified atom stereocenters. The number of aliphatic hydroxyl groups excluding tert-OH is 1. The van der Waals surface area contributed by atoms with Crippen LogP contribution in [-0.4, -0.2) is 81.7 Å². The summed E-state index contributed by atoms with van der Waals surface area (Å²) < 4.78 is 0. The van der Waals surface area contributed by atoms with Gasteiger partial charge in [-0.25, -0.2) is 4.79 Å². The highest BCUT2D eigenvalue weighted by atomic mass is 16.4.